The Morgan fingerprint density at radius 2 is 1.96 bits per heavy atom. The number of rotatable bonds is 4. The quantitative estimate of drug-likeness (QED) is 0.795. The Bertz CT molecular complexity index is 899. The number of aromatic nitrogens is 2. The number of carbonyl (C=O) groups excluding carboxylic acids is 1. The van der Waals surface area contributed by atoms with Gasteiger partial charge in [0, 0.05) is 5.56 Å². The van der Waals surface area contributed by atoms with Gasteiger partial charge in [0.2, 0.25) is 0 Å². The van der Waals surface area contributed by atoms with E-state index in [4.69, 9.17) is 9.47 Å². The van der Waals surface area contributed by atoms with Gasteiger partial charge in [-0.3, -0.25) is 0 Å². The molecule has 0 unspecified atom stereocenters. The fraction of sp³-hybridized carbons (Fsp3) is 0.176. The van der Waals surface area contributed by atoms with E-state index < -0.39 is 5.97 Å². The molecule has 0 aliphatic rings. The maximum atomic E-state index is 11.6. The van der Waals surface area contributed by atoms with Crippen LogP contribution in [0.15, 0.2) is 30.3 Å². The highest BCUT2D eigenvalue weighted by atomic mass is 16.5. The average Bonchev–Trinajstić information content (AvgIpc) is 2.95. The Morgan fingerprint density at radius 1 is 1.17 bits per heavy atom. The van der Waals surface area contributed by atoms with E-state index in [1.54, 1.807) is 12.1 Å². The lowest BCUT2D eigenvalue weighted by atomic mass is 10.0. The lowest BCUT2D eigenvalue weighted by Gasteiger charge is -2.16. The van der Waals surface area contributed by atoms with Crippen molar-refractivity contribution in [3.05, 3.63) is 41.5 Å². The molecule has 6 nitrogen and oxygen atoms in total. The first kappa shape index (κ1) is 14.9. The number of carbonyl (C=O) groups is 1. The third-order valence-electron chi connectivity index (χ3n) is 3.64. The molecule has 0 aliphatic heterocycles. The predicted molar refractivity (Wildman–Crippen MR) is 83.7 cm³/mol. The number of aromatic amines is 1. The first-order chi connectivity index (χ1) is 11.0. The molecule has 0 aliphatic carbocycles. The van der Waals surface area contributed by atoms with E-state index in [-0.39, 0.29) is 11.3 Å². The van der Waals surface area contributed by atoms with Gasteiger partial charge in [-0.05, 0) is 36.8 Å². The van der Waals surface area contributed by atoms with E-state index in [0.717, 1.165) is 16.6 Å². The summed E-state index contributed by atoms with van der Waals surface area (Å²) in [5.74, 6) is -0.484. The van der Waals surface area contributed by atoms with Gasteiger partial charge >= 0.3 is 0 Å². The van der Waals surface area contributed by atoms with E-state index >= 15 is 0 Å². The number of fused-ring (bicyclic) bond motifs is 1. The Kier molecular flexibility index (Phi) is 3.65. The van der Waals surface area contributed by atoms with E-state index in [1.165, 1.54) is 14.2 Å². The second-order valence-electron chi connectivity index (χ2n) is 5.12. The number of hydrogen-bond donors (Lipinski definition) is 1. The number of H-pyrrole nitrogens is 1. The Labute approximate surface area is 132 Å². The van der Waals surface area contributed by atoms with Gasteiger partial charge < -0.3 is 24.4 Å². The van der Waals surface area contributed by atoms with Crippen molar-refractivity contribution >= 4 is 17.0 Å². The van der Waals surface area contributed by atoms with Crippen LogP contribution < -0.4 is 14.6 Å². The van der Waals surface area contributed by atoms with Crippen LogP contribution in [0, 0.1) is 6.92 Å². The molecule has 0 spiro atoms. The first-order valence-electron chi connectivity index (χ1n) is 6.98. The smallest absolute Gasteiger partial charge is 0.170 e. The molecule has 6 heteroatoms. The summed E-state index contributed by atoms with van der Waals surface area (Å²) in [6.07, 6.45) is 0. The van der Waals surface area contributed by atoms with Crippen molar-refractivity contribution in [3.63, 3.8) is 0 Å². The largest absolute Gasteiger partial charge is 0.545 e. The van der Waals surface area contributed by atoms with Crippen LogP contribution in [0.2, 0.25) is 0 Å². The monoisotopic (exact) mass is 311 g/mol. The van der Waals surface area contributed by atoms with Crippen molar-refractivity contribution in [2.75, 3.05) is 14.2 Å². The standard InChI is InChI=1S/C17H16N2O4/c1-9-4-6-11-12(8-9)19-16(18-11)10-5-7-13(22-2)15(23-3)14(10)17(20)21/h4-8H,1-3H3,(H,18,19)(H,20,21)/p-1. The van der Waals surface area contributed by atoms with Gasteiger partial charge in [0.1, 0.15) is 5.82 Å². The van der Waals surface area contributed by atoms with Crippen molar-refractivity contribution in [2.45, 2.75) is 6.92 Å². The highest BCUT2D eigenvalue weighted by Gasteiger charge is 2.19. The molecule has 23 heavy (non-hydrogen) atoms. The topological polar surface area (TPSA) is 87.3 Å². The summed E-state index contributed by atoms with van der Waals surface area (Å²) in [6, 6.07) is 9.03. The minimum absolute atomic E-state index is 0.0948. The van der Waals surface area contributed by atoms with E-state index in [0.29, 0.717) is 17.1 Å². The summed E-state index contributed by atoms with van der Waals surface area (Å²) < 4.78 is 10.3. The zero-order chi connectivity index (χ0) is 16.6. The third-order valence-corrected chi connectivity index (χ3v) is 3.64. The maximum absolute atomic E-state index is 11.6. The van der Waals surface area contributed by atoms with E-state index in [1.807, 2.05) is 25.1 Å². The maximum Gasteiger partial charge on any atom is 0.170 e. The van der Waals surface area contributed by atoms with Gasteiger partial charge in [-0.2, -0.15) is 0 Å². The molecule has 0 fully saturated rings. The van der Waals surface area contributed by atoms with Crippen molar-refractivity contribution in [3.8, 4) is 22.9 Å². The number of carboxylic acids is 1. The molecule has 1 N–H and O–H groups in total. The summed E-state index contributed by atoms with van der Waals surface area (Å²) in [4.78, 5) is 19.2. The fourth-order valence-corrected chi connectivity index (χ4v) is 2.58. The van der Waals surface area contributed by atoms with Crippen LogP contribution in [0.25, 0.3) is 22.4 Å². The number of aromatic carboxylic acids is 1. The van der Waals surface area contributed by atoms with Crippen LogP contribution in [0.1, 0.15) is 15.9 Å². The molecular formula is C17H15N2O4-. The summed E-state index contributed by atoms with van der Waals surface area (Å²) in [5.41, 5.74) is 2.96. The van der Waals surface area contributed by atoms with Crippen LogP contribution >= 0.6 is 0 Å². The zero-order valence-electron chi connectivity index (χ0n) is 13.0. The number of carboxylic acid groups (broad SMARTS) is 1. The third kappa shape index (κ3) is 2.48. The van der Waals surface area contributed by atoms with Crippen LogP contribution in [0.3, 0.4) is 0 Å². The molecule has 0 amide bonds. The van der Waals surface area contributed by atoms with Gasteiger partial charge in [-0.25, -0.2) is 4.98 Å². The number of nitrogens with one attached hydrogen (secondary N) is 1. The summed E-state index contributed by atoms with van der Waals surface area (Å²) in [5, 5.41) is 11.6. The van der Waals surface area contributed by atoms with Crippen LogP contribution in [-0.4, -0.2) is 30.2 Å². The molecule has 0 saturated heterocycles. The molecule has 2 aromatic carbocycles. The second kappa shape index (κ2) is 5.64. The number of methoxy groups -OCH3 is 2. The van der Waals surface area contributed by atoms with Gasteiger partial charge in [0.15, 0.2) is 11.5 Å². The normalized spacial score (nSPS) is 10.7. The molecule has 3 rings (SSSR count). The molecule has 0 bridgehead atoms. The van der Waals surface area contributed by atoms with E-state index in [2.05, 4.69) is 9.97 Å². The molecular weight excluding hydrogens is 296 g/mol. The van der Waals surface area contributed by atoms with Gasteiger partial charge in [-0.15, -0.1) is 0 Å². The average molecular weight is 311 g/mol. The number of ether oxygens (including phenoxy) is 2. The number of nitrogens with zero attached hydrogens (tertiary/aromatic N) is 1. The van der Waals surface area contributed by atoms with Crippen molar-refractivity contribution in [2.24, 2.45) is 0 Å². The number of aryl methyl sites for hydroxylation is 1. The minimum Gasteiger partial charge on any atom is -0.545 e. The second-order valence-corrected chi connectivity index (χ2v) is 5.12. The van der Waals surface area contributed by atoms with Crippen molar-refractivity contribution in [1.29, 1.82) is 0 Å². The Hall–Kier alpha value is -3.02. The van der Waals surface area contributed by atoms with Gasteiger partial charge in [0.25, 0.3) is 0 Å². The molecule has 0 saturated carbocycles. The first-order valence-corrected chi connectivity index (χ1v) is 6.98. The van der Waals surface area contributed by atoms with Gasteiger partial charge in [-0.1, -0.05) is 6.07 Å². The SMILES string of the molecule is COc1ccc(-c2nc3ccc(C)cc3[nH]2)c(C(=O)[O-])c1OC. The van der Waals surface area contributed by atoms with Crippen LogP contribution in [-0.2, 0) is 0 Å². The molecule has 1 aromatic heterocycles. The molecule has 0 atom stereocenters. The fourth-order valence-electron chi connectivity index (χ4n) is 2.58. The summed E-state index contributed by atoms with van der Waals surface area (Å²) in [7, 11) is 2.83. The van der Waals surface area contributed by atoms with E-state index in [9.17, 15) is 9.90 Å². The molecule has 118 valence electrons. The number of hydrogen-bond acceptors (Lipinski definition) is 5. The Morgan fingerprint density at radius 3 is 2.61 bits per heavy atom. The lowest BCUT2D eigenvalue weighted by molar-refractivity contribution is -0.255. The molecule has 3 aromatic rings. The molecule has 0 radical (unpaired) electrons. The Balaban J connectivity index is 2.27. The van der Waals surface area contributed by atoms with Crippen molar-refractivity contribution in [1.82, 2.24) is 9.97 Å². The number of benzene rings is 2. The summed E-state index contributed by atoms with van der Waals surface area (Å²) >= 11 is 0. The molecule has 1 heterocycles. The minimum atomic E-state index is -1.35. The number of imidazole rings is 1. The zero-order valence-corrected chi connectivity index (χ0v) is 13.0. The lowest BCUT2D eigenvalue weighted by Crippen LogP contribution is -2.24. The highest BCUT2D eigenvalue weighted by molar-refractivity contribution is 5.98. The van der Waals surface area contributed by atoms with Crippen molar-refractivity contribution < 1.29 is 19.4 Å². The van der Waals surface area contributed by atoms with Gasteiger partial charge in [0.05, 0.1) is 36.8 Å². The highest BCUT2D eigenvalue weighted by Crippen LogP contribution is 2.37. The summed E-state index contributed by atoms with van der Waals surface area (Å²) in [6.45, 7) is 1.98. The van der Waals surface area contributed by atoms with Crippen LogP contribution in [0.4, 0.5) is 0 Å². The predicted octanol–water partition coefficient (Wildman–Crippen LogP) is 1.92. The van der Waals surface area contributed by atoms with Crippen LogP contribution in [0.5, 0.6) is 11.5 Å².